The van der Waals surface area contributed by atoms with Crippen LogP contribution in [-0.4, -0.2) is 7.85 Å². The predicted octanol–water partition coefficient (Wildman–Crippen LogP) is 0.630. The van der Waals surface area contributed by atoms with E-state index < -0.39 is 17.1 Å². The second kappa shape index (κ2) is 2.71. The van der Waals surface area contributed by atoms with E-state index in [1.807, 2.05) is 0 Å². The number of halogens is 2. The summed E-state index contributed by atoms with van der Waals surface area (Å²) in [6, 6.07) is 3.63. The first-order valence-electron chi connectivity index (χ1n) is 2.80. The highest BCUT2D eigenvalue weighted by atomic mass is 19.2. The lowest BCUT2D eigenvalue weighted by Gasteiger charge is -1.98. The van der Waals surface area contributed by atoms with Crippen LogP contribution in [0.1, 0.15) is 5.56 Å². The Morgan fingerprint density at radius 3 is 2.55 bits per heavy atom. The van der Waals surface area contributed by atoms with Crippen molar-refractivity contribution in [2.45, 2.75) is 0 Å². The highest BCUT2D eigenvalue weighted by Gasteiger charge is 2.07. The fraction of sp³-hybridized carbons (Fsp3) is 0. The lowest BCUT2D eigenvalue weighted by molar-refractivity contribution is 0.514. The molecule has 0 atom stereocenters. The fourth-order valence-corrected chi connectivity index (χ4v) is 0.664. The number of benzene rings is 1. The maximum absolute atomic E-state index is 12.5. The zero-order chi connectivity index (χ0) is 8.43. The van der Waals surface area contributed by atoms with Crippen molar-refractivity contribution < 1.29 is 8.78 Å². The molecule has 1 nitrogen and oxygen atoms in total. The van der Waals surface area contributed by atoms with E-state index in [9.17, 15) is 8.78 Å². The van der Waals surface area contributed by atoms with Crippen molar-refractivity contribution in [2.75, 3.05) is 0 Å². The average molecular weight is 149 g/mol. The molecule has 0 aliphatic heterocycles. The van der Waals surface area contributed by atoms with Gasteiger partial charge in [-0.15, -0.1) is 0 Å². The third kappa shape index (κ3) is 1.22. The number of nitriles is 1. The Morgan fingerprint density at radius 1 is 1.36 bits per heavy atom. The minimum atomic E-state index is -1.16. The third-order valence-corrected chi connectivity index (χ3v) is 1.25. The minimum absolute atomic E-state index is 0.0519. The number of rotatable bonds is 0. The smallest absolute Gasteiger partial charge is 0.158 e. The molecule has 4 heteroatoms. The highest BCUT2D eigenvalue weighted by molar-refractivity contribution is 6.33. The van der Waals surface area contributed by atoms with Crippen molar-refractivity contribution in [2.24, 2.45) is 0 Å². The first-order valence-corrected chi connectivity index (χ1v) is 2.80. The predicted molar refractivity (Wildman–Crippen MR) is 36.5 cm³/mol. The molecule has 0 amide bonds. The van der Waals surface area contributed by atoms with Gasteiger partial charge >= 0.3 is 0 Å². The van der Waals surface area contributed by atoms with E-state index >= 15 is 0 Å². The van der Waals surface area contributed by atoms with Gasteiger partial charge in [-0.05, 0) is 17.6 Å². The maximum Gasteiger partial charge on any atom is 0.158 e. The van der Waals surface area contributed by atoms with Gasteiger partial charge in [-0.25, -0.2) is 8.78 Å². The topological polar surface area (TPSA) is 23.8 Å². The summed E-state index contributed by atoms with van der Waals surface area (Å²) in [7, 11) is 5.06. The van der Waals surface area contributed by atoms with Crippen LogP contribution >= 0.6 is 0 Å². The number of nitrogens with zero attached hydrogens (tertiary/aromatic N) is 1. The van der Waals surface area contributed by atoms with E-state index in [1.165, 1.54) is 0 Å². The van der Waals surface area contributed by atoms with Crippen molar-refractivity contribution in [3.8, 4) is 6.07 Å². The average Bonchev–Trinajstić information content (AvgIpc) is 2.01. The molecule has 0 saturated heterocycles. The molecule has 52 valence electrons. The van der Waals surface area contributed by atoms with E-state index in [4.69, 9.17) is 13.1 Å². The molecule has 0 N–H and O–H groups in total. The summed E-state index contributed by atoms with van der Waals surface area (Å²) in [5.41, 5.74) is -0.489. The summed E-state index contributed by atoms with van der Waals surface area (Å²) in [6.07, 6.45) is 0. The zero-order valence-electron chi connectivity index (χ0n) is 5.44. The molecular formula is C7H2BF2N. The van der Waals surface area contributed by atoms with Crippen LogP contribution in [0.5, 0.6) is 0 Å². The van der Waals surface area contributed by atoms with Gasteiger partial charge in [0.25, 0.3) is 0 Å². The summed E-state index contributed by atoms with van der Waals surface area (Å²) >= 11 is 0. The molecule has 0 aliphatic carbocycles. The normalized spacial score (nSPS) is 9.18. The Bertz CT molecular complexity index is 330. The summed E-state index contributed by atoms with van der Waals surface area (Å²) in [4.78, 5) is 0. The van der Waals surface area contributed by atoms with Gasteiger partial charge in [0.05, 0.1) is 6.07 Å². The Morgan fingerprint density at radius 2 is 2.00 bits per heavy atom. The molecule has 0 aliphatic rings. The molecule has 1 aromatic rings. The molecule has 2 radical (unpaired) electrons. The molecule has 11 heavy (non-hydrogen) atoms. The van der Waals surface area contributed by atoms with Crippen LogP contribution in [0.4, 0.5) is 8.78 Å². The van der Waals surface area contributed by atoms with Crippen molar-refractivity contribution in [1.29, 1.82) is 5.26 Å². The Kier molecular flexibility index (Phi) is 1.90. The van der Waals surface area contributed by atoms with Crippen molar-refractivity contribution in [3.05, 3.63) is 29.3 Å². The van der Waals surface area contributed by atoms with Crippen molar-refractivity contribution in [1.82, 2.24) is 0 Å². The molecule has 1 aromatic carbocycles. The standard InChI is InChI=1S/C7H2BF2N/c8-6-4(3-11)1-2-5(9)7(6)10/h1-2H. The first-order chi connectivity index (χ1) is 5.16. The molecule has 0 heterocycles. The lowest BCUT2D eigenvalue weighted by atomic mass is 9.90. The Balaban J connectivity index is 3.40. The van der Waals surface area contributed by atoms with Crippen LogP contribution < -0.4 is 5.46 Å². The van der Waals surface area contributed by atoms with Gasteiger partial charge in [-0.3, -0.25) is 0 Å². The number of hydrogen-bond acceptors (Lipinski definition) is 1. The molecule has 0 saturated carbocycles. The Hall–Kier alpha value is -1.37. The van der Waals surface area contributed by atoms with Gasteiger partial charge in [0.2, 0.25) is 0 Å². The maximum atomic E-state index is 12.5. The molecule has 0 fully saturated rings. The summed E-state index contributed by atoms with van der Waals surface area (Å²) in [5.74, 6) is -2.20. The third-order valence-electron chi connectivity index (χ3n) is 1.25. The van der Waals surface area contributed by atoms with E-state index in [2.05, 4.69) is 0 Å². The molecule has 0 spiro atoms. The van der Waals surface area contributed by atoms with Crippen LogP contribution in [0.2, 0.25) is 0 Å². The van der Waals surface area contributed by atoms with Gasteiger partial charge in [-0.1, -0.05) is 0 Å². The van der Waals surface area contributed by atoms with E-state index in [0.29, 0.717) is 0 Å². The molecule has 0 bridgehead atoms. The van der Waals surface area contributed by atoms with Crippen LogP contribution in [0, 0.1) is 23.0 Å². The van der Waals surface area contributed by atoms with Crippen molar-refractivity contribution in [3.63, 3.8) is 0 Å². The lowest BCUT2D eigenvalue weighted by Crippen LogP contribution is -2.14. The monoisotopic (exact) mass is 149 g/mol. The first kappa shape index (κ1) is 7.74. The van der Waals surface area contributed by atoms with Crippen LogP contribution in [0.25, 0.3) is 0 Å². The quantitative estimate of drug-likeness (QED) is 0.496. The molecule has 1 rings (SSSR count). The molecular weight excluding hydrogens is 147 g/mol. The van der Waals surface area contributed by atoms with Crippen molar-refractivity contribution >= 4 is 13.3 Å². The zero-order valence-corrected chi connectivity index (χ0v) is 5.44. The van der Waals surface area contributed by atoms with E-state index in [0.717, 1.165) is 12.1 Å². The second-order valence-corrected chi connectivity index (χ2v) is 1.93. The van der Waals surface area contributed by atoms with E-state index in [1.54, 1.807) is 6.07 Å². The van der Waals surface area contributed by atoms with Crippen LogP contribution in [-0.2, 0) is 0 Å². The van der Waals surface area contributed by atoms with Gasteiger partial charge in [0.1, 0.15) is 7.85 Å². The van der Waals surface area contributed by atoms with E-state index in [-0.39, 0.29) is 5.56 Å². The summed E-state index contributed by atoms with van der Waals surface area (Å²) in [6.45, 7) is 0. The Labute approximate surface area is 63.7 Å². The largest absolute Gasteiger partial charge is 0.204 e. The minimum Gasteiger partial charge on any atom is -0.204 e. The summed E-state index contributed by atoms with van der Waals surface area (Å²) in [5, 5.41) is 8.31. The highest BCUT2D eigenvalue weighted by Crippen LogP contribution is 2.03. The molecule has 0 aromatic heterocycles. The number of hydrogen-bond donors (Lipinski definition) is 0. The van der Waals surface area contributed by atoms with Gasteiger partial charge in [0.15, 0.2) is 11.6 Å². The second-order valence-electron chi connectivity index (χ2n) is 1.93. The van der Waals surface area contributed by atoms with Gasteiger partial charge < -0.3 is 0 Å². The van der Waals surface area contributed by atoms with Gasteiger partial charge in [0, 0.05) is 5.56 Å². The van der Waals surface area contributed by atoms with Gasteiger partial charge in [-0.2, -0.15) is 5.26 Å². The van der Waals surface area contributed by atoms with Crippen LogP contribution in [0.15, 0.2) is 12.1 Å². The fourth-order valence-electron chi connectivity index (χ4n) is 0.664. The summed E-state index contributed by atoms with van der Waals surface area (Å²) < 4.78 is 24.9. The molecule has 0 unspecified atom stereocenters. The van der Waals surface area contributed by atoms with Crippen LogP contribution in [0.3, 0.4) is 0 Å². The SMILES string of the molecule is [B]c1c(C#N)ccc(F)c1F.